The monoisotopic (exact) mass is 277 g/mol. The molecule has 0 aliphatic heterocycles. The van der Waals surface area contributed by atoms with Crippen molar-refractivity contribution in [2.75, 3.05) is 24.1 Å². The third-order valence-corrected chi connectivity index (χ3v) is 3.82. The van der Waals surface area contributed by atoms with E-state index in [4.69, 9.17) is 5.73 Å². The van der Waals surface area contributed by atoms with Crippen molar-refractivity contribution in [2.24, 2.45) is 5.92 Å². The Kier molecular flexibility index (Phi) is 4.84. The smallest absolute Gasteiger partial charge is 0.251 e. The van der Waals surface area contributed by atoms with Gasteiger partial charge in [0.15, 0.2) is 0 Å². The van der Waals surface area contributed by atoms with Gasteiger partial charge in [0.25, 0.3) is 5.91 Å². The minimum Gasteiger partial charge on any atom is -0.397 e. The van der Waals surface area contributed by atoms with Gasteiger partial charge in [-0.3, -0.25) is 4.79 Å². The van der Waals surface area contributed by atoms with Crippen molar-refractivity contribution in [3.8, 4) is 0 Å². The average Bonchev–Trinajstić information content (AvgIpc) is 2.83. The molecule has 1 aliphatic carbocycles. The SMILES string of the molecule is CCNC(=O)c1ccc(NCC2CCCC2O)c(N)c1. The molecular formula is C15H23N3O2. The van der Waals surface area contributed by atoms with E-state index in [1.54, 1.807) is 12.1 Å². The number of aliphatic hydroxyl groups excluding tert-OH is 1. The lowest BCUT2D eigenvalue weighted by molar-refractivity contribution is 0.0956. The summed E-state index contributed by atoms with van der Waals surface area (Å²) in [6, 6.07) is 5.26. The molecule has 0 bridgehead atoms. The number of aliphatic hydroxyl groups is 1. The Labute approximate surface area is 119 Å². The number of rotatable bonds is 5. The zero-order valence-electron chi connectivity index (χ0n) is 11.9. The molecular weight excluding hydrogens is 254 g/mol. The summed E-state index contributed by atoms with van der Waals surface area (Å²) in [5.74, 6) is 0.175. The molecule has 5 heteroatoms. The molecule has 2 rings (SSSR count). The Hall–Kier alpha value is -1.75. The van der Waals surface area contributed by atoms with E-state index in [-0.39, 0.29) is 17.9 Å². The normalized spacial score (nSPS) is 21.7. The summed E-state index contributed by atoms with van der Waals surface area (Å²) in [6.07, 6.45) is 2.81. The van der Waals surface area contributed by atoms with E-state index in [0.29, 0.717) is 24.3 Å². The van der Waals surface area contributed by atoms with Crippen LogP contribution in [0.15, 0.2) is 18.2 Å². The first-order chi connectivity index (χ1) is 9.61. The third-order valence-electron chi connectivity index (χ3n) is 3.82. The molecule has 110 valence electrons. The molecule has 0 heterocycles. The van der Waals surface area contributed by atoms with Gasteiger partial charge in [-0.2, -0.15) is 0 Å². The second-order valence-corrected chi connectivity index (χ2v) is 5.30. The molecule has 1 saturated carbocycles. The Balaban J connectivity index is 1.97. The lowest BCUT2D eigenvalue weighted by atomic mass is 10.1. The van der Waals surface area contributed by atoms with Crippen LogP contribution in [0.4, 0.5) is 11.4 Å². The van der Waals surface area contributed by atoms with E-state index in [1.165, 1.54) is 0 Å². The fourth-order valence-corrected chi connectivity index (χ4v) is 2.62. The zero-order valence-corrected chi connectivity index (χ0v) is 11.9. The van der Waals surface area contributed by atoms with Gasteiger partial charge in [-0.1, -0.05) is 6.42 Å². The summed E-state index contributed by atoms with van der Waals surface area (Å²) >= 11 is 0. The second kappa shape index (κ2) is 6.61. The summed E-state index contributed by atoms with van der Waals surface area (Å²) in [5.41, 5.74) is 7.91. The van der Waals surface area contributed by atoms with Gasteiger partial charge in [0.1, 0.15) is 0 Å². The van der Waals surface area contributed by atoms with E-state index >= 15 is 0 Å². The number of carbonyl (C=O) groups is 1. The summed E-state index contributed by atoms with van der Waals surface area (Å²) in [5, 5.41) is 15.8. The number of hydrogen-bond donors (Lipinski definition) is 4. The van der Waals surface area contributed by atoms with Gasteiger partial charge < -0.3 is 21.5 Å². The molecule has 20 heavy (non-hydrogen) atoms. The number of amides is 1. The van der Waals surface area contributed by atoms with Crippen LogP contribution in [-0.2, 0) is 0 Å². The lowest BCUT2D eigenvalue weighted by Gasteiger charge is -2.17. The quantitative estimate of drug-likeness (QED) is 0.616. The van der Waals surface area contributed by atoms with E-state index in [9.17, 15) is 9.90 Å². The predicted octanol–water partition coefficient (Wildman–Crippen LogP) is 1.59. The molecule has 0 spiro atoms. The van der Waals surface area contributed by atoms with Crippen LogP contribution in [0.3, 0.4) is 0 Å². The van der Waals surface area contributed by atoms with Gasteiger partial charge in [0, 0.05) is 24.6 Å². The van der Waals surface area contributed by atoms with Crippen molar-refractivity contribution in [1.29, 1.82) is 0 Å². The molecule has 0 aromatic heterocycles. The molecule has 1 amide bonds. The van der Waals surface area contributed by atoms with Crippen molar-refractivity contribution >= 4 is 17.3 Å². The predicted molar refractivity (Wildman–Crippen MR) is 80.7 cm³/mol. The molecule has 1 aliphatic rings. The first kappa shape index (κ1) is 14.7. The topological polar surface area (TPSA) is 87.4 Å². The average molecular weight is 277 g/mol. The van der Waals surface area contributed by atoms with Crippen molar-refractivity contribution in [3.05, 3.63) is 23.8 Å². The maximum Gasteiger partial charge on any atom is 0.251 e. The van der Waals surface area contributed by atoms with Crippen molar-refractivity contribution in [1.82, 2.24) is 5.32 Å². The van der Waals surface area contributed by atoms with Crippen LogP contribution in [0.5, 0.6) is 0 Å². The van der Waals surface area contributed by atoms with Crippen LogP contribution >= 0.6 is 0 Å². The Morgan fingerprint density at radius 3 is 2.85 bits per heavy atom. The van der Waals surface area contributed by atoms with Crippen LogP contribution in [0.25, 0.3) is 0 Å². The first-order valence-electron chi connectivity index (χ1n) is 7.21. The van der Waals surface area contributed by atoms with Crippen molar-refractivity contribution in [2.45, 2.75) is 32.3 Å². The molecule has 0 saturated heterocycles. The molecule has 5 N–H and O–H groups in total. The highest BCUT2D eigenvalue weighted by Crippen LogP contribution is 2.27. The van der Waals surface area contributed by atoms with Crippen LogP contribution in [-0.4, -0.2) is 30.2 Å². The van der Waals surface area contributed by atoms with Gasteiger partial charge in [-0.25, -0.2) is 0 Å². The van der Waals surface area contributed by atoms with Crippen LogP contribution in [0.1, 0.15) is 36.5 Å². The van der Waals surface area contributed by atoms with Crippen LogP contribution < -0.4 is 16.4 Å². The molecule has 5 nitrogen and oxygen atoms in total. The van der Waals surface area contributed by atoms with E-state index < -0.39 is 0 Å². The Morgan fingerprint density at radius 2 is 2.25 bits per heavy atom. The van der Waals surface area contributed by atoms with E-state index in [1.807, 2.05) is 13.0 Å². The molecule has 0 radical (unpaired) electrons. The molecule has 1 aromatic carbocycles. The molecule has 2 unspecified atom stereocenters. The second-order valence-electron chi connectivity index (χ2n) is 5.30. The molecule has 2 atom stereocenters. The molecule has 1 aromatic rings. The van der Waals surface area contributed by atoms with Gasteiger partial charge in [-0.15, -0.1) is 0 Å². The number of anilines is 2. The van der Waals surface area contributed by atoms with E-state index in [2.05, 4.69) is 10.6 Å². The third kappa shape index (κ3) is 3.42. The maximum absolute atomic E-state index is 11.7. The minimum absolute atomic E-state index is 0.114. The maximum atomic E-state index is 11.7. The van der Waals surface area contributed by atoms with Gasteiger partial charge in [0.05, 0.1) is 17.5 Å². The number of benzene rings is 1. The number of hydrogen-bond acceptors (Lipinski definition) is 4. The highest BCUT2D eigenvalue weighted by atomic mass is 16.3. The Morgan fingerprint density at radius 1 is 1.45 bits per heavy atom. The number of carbonyl (C=O) groups excluding carboxylic acids is 1. The highest BCUT2D eigenvalue weighted by molar-refractivity contribution is 5.96. The van der Waals surface area contributed by atoms with Crippen LogP contribution in [0, 0.1) is 5.92 Å². The minimum atomic E-state index is -0.210. The van der Waals surface area contributed by atoms with Gasteiger partial charge in [0.2, 0.25) is 0 Å². The van der Waals surface area contributed by atoms with Crippen LogP contribution in [0.2, 0.25) is 0 Å². The van der Waals surface area contributed by atoms with E-state index in [0.717, 1.165) is 24.9 Å². The lowest BCUT2D eigenvalue weighted by Crippen LogP contribution is -2.23. The molecule has 1 fully saturated rings. The largest absolute Gasteiger partial charge is 0.397 e. The number of nitrogens with one attached hydrogen (secondary N) is 2. The van der Waals surface area contributed by atoms with Crippen molar-refractivity contribution in [3.63, 3.8) is 0 Å². The summed E-state index contributed by atoms with van der Waals surface area (Å²) in [6.45, 7) is 3.19. The fourth-order valence-electron chi connectivity index (χ4n) is 2.62. The summed E-state index contributed by atoms with van der Waals surface area (Å²) < 4.78 is 0. The summed E-state index contributed by atoms with van der Waals surface area (Å²) in [7, 11) is 0. The number of nitrogens with two attached hydrogens (primary N) is 1. The first-order valence-corrected chi connectivity index (χ1v) is 7.21. The van der Waals surface area contributed by atoms with Crippen molar-refractivity contribution < 1.29 is 9.90 Å². The Bertz CT molecular complexity index is 476. The number of nitrogen functional groups attached to an aromatic ring is 1. The highest BCUT2D eigenvalue weighted by Gasteiger charge is 2.24. The summed E-state index contributed by atoms with van der Waals surface area (Å²) in [4.78, 5) is 11.7. The van der Waals surface area contributed by atoms with Gasteiger partial charge >= 0.3 is 0 Å². The standard InChI is InChI=1S/C15H23N3O2/c1-2-17-15(20)10-6-7-13(12(16)8-10)18-9-11-4-3-5-14(11)19/h6-8,11,14,18-19H,2-5,9,16H2,1H3,(H,17,20). The van der Waals surface area contributed by atoms with Gasteiger partial charge in [-0.05, 0) is 38.0 Å². The fraction of sp³-hybridized carbons (Fsp3) is 0.533. The zero-order chi connectivity index (χ0) is 14.5.